The highest BCUT2D eigenvalue weighted by Crippen LogP contribution is 2.16. The van der Waals surface area contributed by atoms with E-state index in [0.717, 1.165) is 0 Å². The van der Waals surface area contributed by atoms with Crippen LogP contribution in [0.4, 0.5) is 0 Å². The molecule has 6 heteroatoms. The van der Waals surface area contributed by atoms with E-state index in [1.807, 2.05) is 0 Å². The van der Waals surface area contributed by atoms with Crippen molar-refractivity contribution in [3.63, 3.8) is 0 Å². The fourth-order valence-corrected chi connectivity index (χ4v) is 0.977. The lowest BCUT2D eigenvalue weighted by molar-refractivity contribution is -0.165. The molecular formula is C14H26O6. The Morgan fingerprint density at radius 3 is 1.25 bits per heavy atom. The second-order valence-electron chi connectivity index (χ2n) is 6.83. The molecule has 0 fully saturated rings. The monoisotopic (exact) mass is 290 g/mol. The quantitative estimate of drug-likeness (QED) is 0.730. The maximum atomic E-state index is 11.5. The molecule has 0 amide bonds. The molecule has 0 radical (unpaired) electrons. The number of aliphatic hydroxyl groups is 2. The first kappa shape index (κ1) is 18.9. The molecule has 0 rings (SSSR count). The summed E-state index contributed by atoms with van der Waals surface area (Å²) >= 11 is 0. The number of carbonyl (C=O) groups is 2. The molecule has 118 valence electrons. The first-order valence-electron chi connectivity index (χ1n) is 6.56. The van der Waals surface area contributed by atoms with Gasteiger partial charge in [-0.05, 0) is 41.5 Å². The van der Waals surface area contributed by atoms with Crippen LogP contribution in [0.25, 0.3) is 0 Å². The van der Waals surface area contributed by atoms with Crippen LogP contribution in [0.3, 0.4) is 0 Å². The average molecular weight is 290 g/mol. The van der Waals surface area contributed by atoms with E-state index in [-0.39, 0.29) is 13.2 Å². The number of aliphatic hydroxyl groups excluding tert-OH is 2. The molecule has 0 spiro atoms. The van der Waals surface area contributed by atoms with Crippen LogP contribution in [0.5, 0.6) is 0 Å². The van der Waals surface area contributed by atoms with Gasteiger partial charge >= 0.3 is 11.9 Å². The topological polar surface area (TPSA) is 93.1 Å². The molecule has 0 aliphatic rings. The van der Waals surface area contributed by atoms with Crippen LogP contribution >= 0.6 is 0 Å². The number of esters is 2. The molecule has 0 aliphatic heterocycles. The van der Waals surface area contributed by atoms with Gasteiger partial charge in [-0.3, -0.25) is 9.59 Å². The first-order chi connectivity index (χ1) is 8.85. The third-order valence-corrected chi connectivity index (χ3v) is 2.44. The molecule has 0 saturated carbocycles. The molecule has 2 atom stereocenters. The Morgan fingerprint density at radius 2 is 1.05 bits per heavy atom. The van der Waals surface area contributed by atoms with Crippen molar-refractivity contribution in [2.75, 3.05) is 13.2 Å². The van der Waals surface area contributed by atoms with Crippen molar-refractivity contribution in [1.82, 2.24) is 0 Å². The Hall–Kier alpha value is -1.14. The minimum absolute atomic E-state index is 0.343. The second kappa shape index (κ2) is 7.04. The molecule has 6 nitrogen and oxygen atoms in total. The number of rotatable bonds is 5. The Kier molecular flexibility index (Phi) is 6.64. The Labute approximate surface area is 120 Å². The molecule has 0 aromatic rings. The average Bonchev–Trinajstić information content (AvgIpc) is 2.29. The van der Waals surface area contributed by atoms with Crippen LogP contribution in [0.1, 0.15) is 41.5 Å². The maximum absolute atomic E-state index is 11.5. The van der Waals surface area contributed by atoms with Crippen LogP contribution < -0.4 is 0 Å². The lowest BCUT2D eigenvalue weighted by Gasteiger charge is -2.22. The van der Waals surface area contributed by atoms with Gasteiger partial charge in [0.25, 0.3) is 0 Å². The third-order valence-electron chi connectivity index (χ3n) is 2.44. The van der Waals surface area contributed by atoms with Gasteiger partial charge in [0.2, 0.25) is 0 Å². The number of carbonyl (C=O) groups excluding carboxylic acids is 2. The zero-order valence-electron chi connectivity index (χ0n) is 13.1. The summed E-state index contributed by atoms with van der Waals surface area (Å²) in [5.41, 5.74) is -1.35. The fraction of sp³-hybridized carbons (Fsp3) is 0.857. The molecule has 0 saturated heterocycles. The standard InChI is InChI=1S/C14H26O6/c1-13(2,3)11(17)19-7-9(15)10(16)8-20-12(18)14(4,5)6/h9-10,15-16H,7-8H2,1-6H3/t9-,10+. The highest BCUT2D eigenvalue weighted by molar-refractivity contribution is 5.75. The van der Waals surface area contributed by atoms with Gasteiger partial charge in [0, 0.05) is 0 Å². The van der Waals surface area contributed by atoms with E-state index in [1.54, 1.807) is 41.5 Å². The summed E-state index contributed by atoms with van der Waals surface area (Å²) in [6.45, 7) is 9.42. The number of ether oxygens (including phenoxy) is 2. The summed E-state index contributed by atoms with van der Waals surface area (Å²) in [7, 11) is 0. The van der Waals surface area contributed by atoms with Gasteiger partial charge in [0.1, 0.15) is 25.4 Å². The van der Waals surface area contributed by atoms with Gasteiger partial charge in [-0.15, -0.1) is 0 Å². The number of hydrogen-bond acceptors (Lipinski definition) is 6. The largest absolute Gasteiger partial charge is 0.462 e. The lowest BCUT2D eigenvalue weighted by Crippen LogP contribution is -2.38. The van der Waals surface area contributed by atoms with E-state index < -0.39 is 35.0 Å². The minimum Gasteiger partial charge on any atom is -0.462 e. The Balaban J connectivity index is 4.14. The van der Waals surface area contributed by atoms with Crippen molar-refractivity contribution in [2.45, 2.75) is 53.8 Å². The zero-order valence-corrected chi connectivity index (χ0v) is 13.1. The highest BCUT2D eigenvalue weighted by Gasteiger charge is 2.28. The van der Waals surface area contributed by atoms with Crippen LogP contribution in [0.15, 0.2) is 0 Å². The van der Waals surface area contributed by atoms with Crippen molar-refractivity contribution < 1.29 is 29.3 Å². The van der Waals surface area contributed by atoms with E-state index >= 15 is 0 Å². The lowest BCUT2D eigenvalue weighted by atomic mass is 9.97. The summed E-state index contributed by atoms with van der Waals surface area (Å²) in [5, 5.41) is 19.3. The van der Waals surface area contributed by atoms with Gasteiger partial charge < -0.3 is 19.7 Å². The summed E-state index contributed by atoms with van der Waals surface area (Å²) in [5.74, 6) is -0.953. The smallest absolute Gasteiger partial charge is 0.311 e. The molecule has 0 aromatic heterocycles. The summed E-state index contributed by atoms with van der Waals surface area (Å²) < 4.78 is 9.75. The van der Waals surface area contributed by atoms with Crippen molar-refractivity contribution in [3.05, 3.63) is 0 Å². The van der Waals surface area contributed by atoms with E-state index in [1.165, 1.54) is 0 Å². The van der Waals surface area contributed by atoms with Crippen molar-refractivity contribution in [2.24, 2.45) is 10.8 Å². The summed E-state index contributed by atoms with van der Waals surface area (Å²) in [4.78, 5) is 23.0. The number of hydrogen-bond donors (Lipinski definition) is 2. The molecule has 20 heavy (non-hydrogen) atoms. The fourth-order valence-electron chi connectivity index (χ4n) is 0.977. The molecule has 0 unspecified atom stereocenters. The van der Waals surface area contributed by atoms with Crippen LogP contribution in [0, 0.1) is 10.8 Å². The molecule has 0 bridgehead atoms. The minimum atomic E-state index is -1.30. The van der Waals surface area contributed by atoms with E-state index in [0.29, 0.717) is 0 Å². The van der Waals surface area contributed by atoms with Crippen LogP contribution in [-0.4, -0.2) is 47.6 Å². The third kappa shape index (κ3) is 6.86. The predicted octanol–water partition coefficient (Wildman–Crippen LogP) is 0.887. The SMILES string of the molecule is CC(C)(C)C(=O)OC[C@@H](O)[C@@H](O)COC(=O)C(C)(C)C. The van der Waals surface area contributed by atoms with Gasteiger partial charge in [-0.2, -0.15) is 0 Å². The molecule has 0 heterocycles. The van der Waals surface area contributed by atoms with Crippen molar-refractivity contribution >= 4 is 11.9 Å². The Morgan fingerprint density at radius 1 is 0.800 bits per heavy atom. The summed E-state index contributed by atoms with van der Waals surface area (Å²) in [6, 6.07) is 0. The normalized spacial score (nSPS) is 15.4. The van der Waals surface area contributed by atoms with Gasteiger partial charge in [0.05, 0.1) is 10.8 Å². The molecule has 2 N–H and O–H groups in total. The van der Waals surface area contributed by atoms with Crippen LogP contribution in [-0.2, 0) is 19.1 Å². The van der Waals surface area contributed by atoms with Crippen LogP contribution in [0.2, 0.25) is 0 Å². The van der Waals surface area contributed by atoms with Crippen molar-refractivity contribution in [1.29, 1.82) is 0 Å². The predicted molar refractivity (Wildman–Crippen MR) is 72.8 cm³/mol. The summed E-state index contributed by atoms with van der Waals surface area (Å²) in [6.07, 6.45) is -2.59. The van der Waals surface area contributed by atoms with E-state index in [4.69, 9.17) is 9.47 Å². The van der Waals surface area contributed by atoms with E-state index in [9.17, 15) is 19.8 Å². The molecular weight excluding hydrogens is 264 g/mol. The molecule has 0 aliphatic carbocycles. The van der Waals surface area contributed by atoms with Crippen molar-refractivity contribution in [3.8, 4) is 0 Å². The Bertz CT molecular complexity index is 303. The van der Waals surface area contributed by atoms with Gasteiger partial charge in [0.15, 0.2) is 0 Å². The highest BCUT2D eigenvalue weighted by atomic mass is 16.6. The second-order valence-corrected chi connectivity index (χ2v) is 6.83. The zero-order chi connectivity index (χ0) is 16.1. The van der Waals surface area contributed by atoms with E-state index in [2.05, 4.69) is 0 Å². The van der Waals surface area contributed by atoms with Gasteiger partial charge in [-0.25, -0.2) is 0 Å². The molecule has 0 aromatic carbocycles. The van der Waals surface area contributed by atoms with Gasteiger partial charge in [-0.1, -0.05) is 0 Å². The first-order valence-corrected chi connectivity index (χ1v) is 6.56. The maximum Gasteiger partial charge on any atom is 0.311 e.